The van der Waals surface area contributed by atoms with Gasteiger partial charge >= 0.3 is 0 Å². The first-order valence-electron chi connectivity index (χ1n) is 19.7. The Bertz CT molecular complexity index is 2100. The minimum atomic E-state index is -0.978. The Kier molecular flexibility index (Phi) is 11.1. The van der Waals surface area contributed by atoms with Crippen molar-refractivity contribution in [1.82, 2.24) is 30.4 Å². The number of nitrogens with zero attached hydrogens (tertiary/aromatic N) is 7. The second-order valence-corrected chi connectivity index (χ2v) is 15.9. The first-order valence-corrected chi connectivity index (χ1v) is 20.1. The zero-order valence-electron chi connectivity index (χ0n) is 31.5. The van der Waals surface area contributed by atoms with Crippen LogP contribution in [0.2, 0.25) is 5.02 Å². The van der Waals surface area contributed by atoms with Gasteiger partial charge in [-0.25, -0.2) is 9.97 Å². The lowest BCUT2D eigenvalue weighted by Crippen LogP contribution is -2.54. The number of anilines is 2. The second kappa shape index (κ2) is 16.5. The Hall–Kier alpha value is -5.59. The van der Waals surface area contributed by atoms with Gasteiger partial charge in [-0.2, -0.15) is 5.26 Å². The first-order chi connectivity index (χ1) is 27.6. The van der Waals surface area contributed by atoms with E-state index >= 15 is 0 Å². The zero-order valence-corrected chi connectivity index (χ0v) is 32.2. The molecule has 8 rings (SSSR count). The largest absolute Gasteiger partial charge is 0.490 e. The van der Waals surface area contributed by atoms with Crippen molar-refractivity contribution in [2.24, 2.45) is 5.92 Å². The number of carbonyl (C=O) groups is 5. The number of fused-ring (bicyclic) bond motifs is 1. The molecule has 2 N–H and O–H groups in total. The summed E-state index contributed by atoms with van der Waals surface area (Å²) in [5.74, 6) is -0.359. The van der Waals surface area contributed by atoms with Gasteiger partial charge in [0, 0.05) is 82.4 Å². The number of rotatable bonds is 9. The minimum absolute atomic E-state index is 0.0216. The molecule has 57 heavy (non-hydrogen) atoms. The number of halogens is 1. The van der Waals surface area contributed by atoms with Crippen LogP contribution >= 0.6 is 11.6 Å². The number of piperazine rings is 1. The van der Waals surface area contributed by atoms with Crippen molar-refractivity contribution in [2.45, 2.75) is 69.6 Å². The van der Waals surface area contributed by atoms with E-state index in [2.05, 4.69) is 41.4 Å². The molecule has 2 aromatic carbocycles. The zero-order chi connectivity index (χ0) is 39.6. The number of hydrogen-bond acceptors (Lipinski definition) is 12. The lowest BCUT2D eigenvalue weighted by Gasteiger charge is -2.39. The standard InChI is InChI=1S/C41H44ClN9O6/c42-34-20-31(5-1-26(34)21-43)57-30-6-2-28(3-7-30)46-37(53)27-22-44-41(45-23-27)50-13-11-25(12-14-50)24-48-15-17-49(18-16-48)29-4-8-32-33(19-29)40(56)51(39(32)55)35-9-10-36(52)47-38(35)54/h1,4-5,8,19-20,22-23,25,28,30,35H,2-3,6-7,9-18,24H2,(H,46,53)(H,47,52,54)/t28-,30-,35?. The fourth-order valence-electron chi connectivity index (χ4n) is 8.57. The molecule has 1 aliphatic carbocycles. The third-order valence-corrected chi connectivity index (χ3v) is 12.2. The van der Waals surface area contributed by atoms with Gasteiger partial charge in [-0.15, -0.1) is 0 Å². The summed E-state index contributed by atoms with van der Waals surface area (Å²) in [5, 5.41) is 14.8. The number of nitrogens with one attached hydrogen (secondary N) is 2. The highest BCUT2D eigenvalue weighted by atomic mass is 35.5. The highest BCUT2D eigenvalue weighted by molar-refractivity contribution is 6.31. The summed E-state index contributed by atoms with van der Waals surface area (Å²) < 4.78 is 6.08. The summed E-state index contributed by atoms with van der Waals surface area (Å²) in [6.07, 6.45) is 8.65. The number of aromatic nitrogens is 2. The molecule has 1 saturated carbocycles. The van der Waals surface area contributed by atoms with E-state index in [1.807, 2.05) is 6.07 Å². The molecule has 1 atom stereocenters. The van der Waals surface area contributed by atoms with E-state index in [9.17, 15) is 24.0 Å². The molecular weight excluding hydrogens is 750 g/mol. The van der Waals surface area contributed by atoms with Crippen molar-refractivity contribution < 1.29 is 28.7 Å². The molecule has 296 valence electrons. The second-order valence-electron chi connectivity index (χ2n) is 15.5. The third-order valence-electron chi connectivity index (χ3n) is 11.8. The van der Waals surface area contributed by atoms with Gasteiger partial charge in [0.25, 0.3) is 17.7 Å². The maximum absolute atomic E-state index is 13.3. The van der Waals surface area contributed by atoms with Crippen LogP contribution in [0.15, 0.2) is 48.8 Å². The van der Waals surface area contributed by atoms with Crippen molar-refractivity contribution >= 4 is 52.8 Å². The van der Waals surface area contributed by atoms with Crippen molar-refractivity contribution in [3.05, 3.63) is 76.1 Å². The van der Waals surface area contributed by atoms with Gasteiger partial charge in [0.2, 0.25) is 17.8 Å². The molecule has 0 spiro atoms. The molecule has 3 saturated heterocycles. The maximum Gasteiger partial charge on any atom is 0.262 e. The predicted molar refractivity (Wildman–Crippen MR) is 209 cm³/mol. The van der Waals surface area contributed by atoms with Crippen LogP contribution in [-0.2, 0) is 9.59 Å². The van der Waals surface area contributed by atoms with Crippen molar-refractivity contribution in [3.8, 4) is 11.8 Å². The van der Waals surface area contributed by atoms with Crippen LogP contribution in [0.4, 0.5) is 11.6 Å². The summed E-state index contributed by atoms with van der Waals surface area (Å²) in [7, 11) is 0. The Morgan fingerprint density at radius 2 is 1.58 bits per heavy atom. The van der Waals surface area contributed by atoms with Crippen LogP contribution in [0.3, 0.4) is 0 Å². The molecule has 4 aliphatic heterocycles. The summed E-state index contributed by atoms with van der Waals surface area (Å²) >= 11 is 6.14. The quantitative estimate of drug-likeness (QED) is 0.301. The maximum atomic E-state index is 13.3. The molecule has 1 unspecified atom stereocenters. The smallest absolute Gasteiger partial charge is 0.262 e. The highest BCUT2D eigenvalue weighted by Gasteiger charge is 2.45. The van der Waals surface area contributed by atoms with Crippen LogP contribution in [0.25, 0.3) is 0 Å². The monoisotopic (exact) mass is 793 g/mol. The van der Waals surface area contributed by atoms with Crippen LogP contribution in [-0.4, -0.2) is 113 Å². The number of amides is 5. The molecule has 3 aromatic rings. The Morgan fingerprint density at radius 1 is 0.860 bits per heavy atom. The Balaban J connectivity index is 0.753. The molecule has 5 amide bonds. The van der Waals surface area contributed by atoms with Crippen LogP contribution in [0.1, 0.15) is 88.0 Å². The van der Waals surface area contributed by atoms with Crippen LogP contribution < -0.4 is 25.2 Å². The molecule has 1 aromatic heterocycles. The SMILES string of the molecule is N#Cc1ccc(O[C@H]2CC[C@H](NC(=O)c3cnc(N4CCC(CN5CCN(c6ccc7c(c6)C(=O)N(C6CCC(=O)NC6=O)C7=O)CC5)CC4)nc3)CC2)cc1Cl. The number of ether oxygens (including phenoxy) is 1. The number of carbonyl (C=O) groups excluding carboxylic acids is 5. The van der Waals surface area contributed by atoms with Gasteiger partial charge in [0.05, 0.1) is 33.4 Å². The lowest BCUT2D eigenvalue weighted by molar-refractivity contribution is -0.136. The van der Waals surface area contributed by atoms with E-state index in [1.54, 1.807) is 42.7 Å². The molecule has 5 aliphatic rings. The average Bonchev–Trinajstić information content (AvgIpc) is 3.47. The summed E-state index contributed by atoms with van der Waals surface area (Å²) in [6.45, 7) is 6.01. The highest BCUT2D eigenvalue weighted by Crippen LogP contribution is 2.32. The minimum Gasteiger partial charge on any atom is -0.490 e. The van der Waals surface area contributed by atoms with Gasteiger partial charge in [0.1, 0.15) is 17.9 Å². The number of nitriles is 1. The Labute approximate surface area is 335 Å². The van der Waals surface area contributed by atoms with E-state index in [1.165, 1.54) is 0 Å². The Morgan fingerprint density at radius 3 is 2.26 bits per heavy atom. The van der Waals surface area contributed by atoms with Crippen molar-refractivity contribution in [1.29, 1.82) is 5.26 Å². The van der Waals surface area contributed by atoms with E-state index in [-0.39, 0.29) is 36.5 Å². The number of hydrogen-bond donors (Lipinski definition) is 2. The lowest BCUT2D eigenvalue weighted by atomic mass is 9.92. The van der Waals surface area contributed by atoms with Gasteiger partial charge < -0.3 is 19.9 Å². The van der Waals surface area contributed by atoms with Gasteiger partial charge in [-0.05, 0) is 81.2 Å². The molecule has 5 heterocycles. The number of imide groups is 2. The molecule has 0 radical (unpaired) electrons. The van der Waals surface area contributed by atoms with Crippen LogP contribution in [0, 0.1) is 17.2 Å². The summed E-state index contributed by atoms with van der Waals surface area (Å²) in [6, 6.07) is 11.5. The molecular formula is C41H44ClN9O6. The number of benzene rings is 2. The normalized spacial score (nSPS) is 23.2. The summed E-state index contributed by atoms with van der Waals surface area (Å²) in [4.78, 5) is 80.5. The van der Waals surface area contributed by atoms with Crippen LogP contribution in [0.5, 0.6) is 5.75 Å². The van der Waals surface area contributed by atoms with E-state index in [0.717, 1.165) is 94.9 Å². The van der Waals surface area contributed by atoms with Crippen molar-refractivity contribution in [2.75, 3.05) is 55.6 Å². The molecule has 16 heteroatoms. The van der Waals surface area contributed by atoms with Gasteiger partial charge in [-0.3, -0.25) is 39.1 Å². The predicted octanol–water partition coefficient (Wildman–Crippen LogP) is 3.56. The summed E-state index contributed by atoms with van der Waals surface area (Å²) in [5.41, 5.74) is 2.31. The molecule has 15 nitrogen and oxygen atoms in total. The number of piperidine rings is 2. The van der Waals surface area contributed by atoms with E-state index < -0.39 is 29.7 Å². The fourth-order valence-corrected chi connectivity index (χ4v) is 8.79. The van der Waals surface area contributed by atoms with E-state index in [0.29, 0.717) is 39.3 Å². The first kappa shape index (κ1) is 38.3. The van der Waals surface area contributed by atoms with Gasteiger partial charge in [-0.1, -0.05) is 11.6 Å². The topological polar surface area (TPSA) is 181 Å². The fraction of sp³-hybridized carbons (Fsp3) is 0.463. The third kappa shape index (κ3) is 8.29. The molecule has 4 fully saturated rings. The van der Waals surface area contributed by atoms with E-state index in [4.69, 9.17) is 21.6 Å². The average molecular weight is 794 g/mol. The van der Waals surface area contributed by atoms with Crippen molar-refractivity contribution in [3.63, 3.8) is 0 Å². The molecule has 0 bridgehead atoms. The van der Waals surface area contributed by atoms with Gasteiger partial charge in [0.15, 0.2) is 0 Å².